The van der Waals surface area contributed by atoms with Gasteiger partial charge in [0, 0.05) is 33.1 Å². The van der Waals surface area contributed by atoms with Gasteiger partial charge in [-0.25, -0.2) is 4.39 Å². The number of fused-ring (bicyclic) bond motifs is 1. The van der Waals surface area contributed by atoms with Gasteiger partial charge in [0.25, 0.3) is 5.91 Å². The third-order valence-electron chi connectivity index (χ3n) is 4.89. The second kappa shape index (κ2) is 9.18. The van der Waals surface area contributed by atoms with Gasteiger partial charge in [0.05, 0.1) is 6.10 Å². The van der Waals surface area contributed by atoms with Crippen molar-refractivity contribution in [2.45, 2.75) is 19.4 Å². The molecule has 6 heteroatoms. The fourth-order valence-corrected chi connectivity index (χ4v) is 4.99. The third kappa shape index (κ3) is 5.13. The van der Waals surface area contributed by atoms with Crippen molar-refractivity contribution in [2.24, 2.45) is 0 Å². The van der Waals surface area contributed by atoms with Gasteiger partial charge in [0.2, 0.25) is 0 Å². The molecule has 0 aliphatic heterocycles. The summed E-state index contributed by atoms with van der Waals surface area (Å²) in [5.41, 5.74) is 3.35. The van der Waals surface area contributed by atoms with Crippen LogP contribution in [-0.2, 0) is 6.42 Å². The summed E-state index contributed by atoms with van der Waals surface area (Å²) in [6.07, 6.45) is -0.00342. The van der Waals surface area contributed by atoms with E-state index < -0.39 is 6.10 Å². The highest BCUT2D eigenvalue weighted by Gasteiger charge is 2.12. The molecule has 0 fully saturated rings. The number of aliphatic hydroxyl groups is 1. The van der Waals surface area contributed by atoms with Gasteiger partial charge in [0.1, 0.15) is 5.82 Å². The van der Waals surface area contributed by atoms with Crippen molar-refractivity contribution in [2.75, 3.05) is 6.54 Å². The molecule has 0 aliphatic rings. The highest BCUT2D eigenvalue weighted by Crippen LogP contribution is 2.36. The molecule has 2 N–H and O–H groups in total. The summed E-state index contributed by atoms with van der Waals surface area (Å²) in [6, 6.07) is 20.2. The maximum Gasteiger partial charge on any atom is 0.251 e. The van der Waals surface area contributed by atoms with Gasteiger partial charge in [-0.2, -0.15) is 0 Å². The van der Waals surface area contributed by atoms with Crippen molar-refractivity contribution in [1.29, 1.82) is 0 Å². The van der Waals surface area contributed by atoms with E-state index in [1.807, 2.05) is 30.3 Å². The molecule has 0 saturated carbocycles. The highest BCUT2D eigenvalue weighted by atomic mass is 35.5. The molecule has 0 saturated heterocycles. The van der Waals surface area contributed by atoms with E-state index in [2.05, 4.69) is 17.4 Å². The first-order valence-electron chi connectivity index (χ1n) is 9.92. The summed E-state index contributed by atoms with van der Waals surface area (Å²) >= 11 is 7.65. The molecule has 158 valence electrons. The van der Waals surface area contributed by atoms with Crippen molar-refractivity contribution in [3.05, 3.63) is 93.6 Å². The Labute approximate surface area is 189 Å². The number of rotatable bonds is 6. The van der Waals surface area contributed by atoms with Crippen LogP contribution in [-0.4, -0.2) is 23.7 Å². The Morgan fingerprint density at radius 2 is 1.94 bits per heavy atom. The number of amides is 1. The first kappa shape index (κ1) is 21.5. The van der Waals surface area contributed by atoms with Crippen molar-refractivity contribution in [3.63, 3.8) is 0 Å². The van der Waals surface area contributed by atoms with E-state index in [4.69, 9.17) is 11.6 Å². The lowest BCUT2D eigenvalue weighted by atomic mass is 10.0. The van der Waals surface area contributed by atoms with Crippen LogP contribution in [0.5, 0.6) is 0 Å². The Morgan fingerprint density at radius 1 is 1.13 bits per heavy atom. The minimum absolute atomic E-state index is 0.205. The van der Waals surface area contributed by atoms with E-state index in [-0.39, 0.29) is 18.3 Å². The number of hydrogen-bond acceptors (Lipinski definition) is 3. The minimum atomic E-state index is -0.599. The number of nitrogens with one attached hydrogen (secondary N) is 1. The number of aliphatic hydroxyl groups excluding tert-OH is 1. The molecule has 0 radical (unpaired) electrons. The van der Waals surface area contributed by atoms with Crippen LogP contribution in [0.4, 0.5) is 4.39 Å². The fraction of sp³-hybridized carbons (Fsp3) is 0.160. The maximum atomic E-state index is 13.7. The zero-order valence-corrected chi connectivity index (χ0v) is 18.4. The minimum Gasteiger partial charge on any atom is -0.392 e. The van der Waals surface area contributed by atoms with Gasteiger partial charge in [-0.1, -0.05) is 41.9 Å². The Morgan fingerprint density at radius 3 is 2.71 bits per heavy atom. The molecular formula is C25H21ClFNO2S. The lowest BCUT2D eigenvalue weighted by Gasteiger charge is -2.09. The molecule has 1 atom stereocenters. The van der Waals surface area contributed by atoms with Gasteiger partial charge >= 0.3 is 0 Å². The molecule has 1 unspecified atom stereocenters. The molecule has 1 aromatic heterocycles. The molecule has 3 aromatic carbocycles. The van der Waals surface area contributed by atoms with Gasteiger partial charge in [0.15, 0.2) is 0 Å². The Kier molecular flexibility index (Phi) is 6.37. The van der Waals surface area contributed by atoms with Crippen LogP contribution >= 0.6 is 22.9 Å². The molecule has 1 heterocycles. The predicted molar refractivity (Wildman–Crippen MR) is 125 cm³/mol. The smallest absolute Gasteiger partial charge is 0.251 e. The van der Waals surface area contributed by atoms with Gasteiger partial charge in [-0.3, -0.25) is 4.79 Å². The molecule has 4 rings (SSSR count). The van der Waals surface area contributed by atoms with Crippen LogP contribution < -0.4 is 5.32 Å². The molecular weight excluding hydrogens is 433 g/mol. The van der Waals surface area contributed by atoms with Crippen LogP contribution in [0.3, 0.4) is 0 Å². The normalized spacial score (nSPS) is 12.1. The van der Waals surface area contributed by atoms with Crippen molar-refractivity contribution < 1.29 is 14.3 Å². The third-order valence-corrected chi connectivity index (χ3v) is 6.29. The average Bonchev–Trinajstić information content (AvgIpc) is 3.13. The van der Waals surface area contributed by atoms with Crippen molar-refractivity contribution >= 4 is 38.9 Å². The zero-order valence-electron chi connectivity index (χ0n) is 16.9. The summed E-state index contributed by atoms with van der Waals surface area (Å²) in [7, 11) is 0. The number of thiophene rings is 1. The number of carbonyl (C=O) groups is 1. The number of benzene rings is 3. The summed E-state index contributed by atoms with van der Waals surface area (Å²) in [5.74, 6) is -0.556. The number of halogens is 2. The van der Waals surface area contributed by atoms with Crippen LogP contribution in [0.2, 0.25) is 5.02 Å². The van der Waals surface area contributed by atoms with Crippen LogP contribution in [0, 0.1) is 5.82 Å². The maximum absolute atomic E-state index is 13.7. The van der Waals surface area contributed by atoms with Crippen molar-refractivity contribution in [3.8, 4) is 11.1 Å². The molecule has 0 aliphatic carbocycles. The number of hydrogen-bond donors (Lipinski definition) is 2. The van der Waals surface area contributed by atoms with Gasteiger partial charge in [-0.15, -0.1) is 11.3 Å². The zero-order chi connectivity index (χ0) is 22.0. The topological polar surface area (TPSA) is 49.3 Å². The summed E-state index contributed by atoms with van der Waals surface area (Å²) < 4.78 is 14.8. The molecule has 1 amide bonds. The van der Waals surface area contributed by atoms with E-state index >= 15 is 0 Å². The fourth-order valence-electron chi connectivity index (χ4n) is 3.52. The molecule has 0 spiro atoms. The van der Waals surface area contributed by atoms with Crippen LogP contribution in [0.25, 0.3) is 21.2 Å². The summed E-state index contributed by atoms with van der Waals surface area (Å²) in [6.45, 7) is 1.83. The predicted octanol–water partition coefficient (Wildman–Crippen LogP) is 6.06. The number of carbonyl (C=O) groups excluding carboxylic acids is 1. The van der Waals surface area contributed by atoms with E-state index in [0.29, 0.717) is 17.0 Å². The summed E-state index contributed by atoms with van der Waals surface area (Å²) in [5, 5.41) is 13.6. The first-order chi connectivity index (χ1) is 14.9. The van der Waals surface area contributed by atoms with Gasteiger partial charge < -0.3 is 10.4 Å². The molecule has 3 nitrogen and oxygen atoms in total. The van der Waals surface area contributed by atoms with E-state index in [0.717, 1.165) is 31.7 Å². The largest absolute Gasteiger partial charge is 0.392 e. The Bertz CT molecular complexity index is 1230. The van der Waals surface area contributed by atoms with Gasteiger partial charge in [-0.05, 0) is 65.4 Å². The average molecular weight is 454 g/mol. The Balaban J connectivity index is 1.66. The second-order valence-electron chi connectivity index (χ2n) is 7.53. The summed E-state index contributed by atoms with van der Waals surface area (Å²) in [4.78, 5) is 13.5. The highest BCUT2D eigenvalue weighted by molar-refractivity contribution is 7.19. The monoisotopic (exact) mass is 453 g/mol. The molecule has 31 heavy (non-hydrogen) atoms. The lowest BCUT2D eigenvalue weighted by molar-refractivity contribution is 0.0924. The molecule has 0 bridgehead atoms. The SMILES string of the molecule is CC(O)CNC(=O)c1cccc(-c2cccc3cc(Cc4cc(F)cc(Cl)c4)sc23)c1. The van der Waals surface area contributed by atoms with E-state index in [1.165, 1.54) is 12.1 Å². The molecule has 4 aromatic rings. The van der Waals surface area contributed by atoms with Crippen LogP contribution in [0.1, 0.15) is 27.7 Å². The quantitative estimate of drug-likeness (QED) is 0.372. The Hall–Kier alpha value is -2.73. The first-order valence-corrected chi connectivity index (χ1v) is 11.1. The van der Waals surface area contributed by atoms with E-state index in [1.54, 1.807) is 30.4 Å². The van der Waals surface area contributed by atoms with E-state index in [9.17, 15) is 14.3 Å². The second-order valence-corrected chi connectivity index (χ2v) is 9.10. The lowest BCUT2D eigenvalue weighted by Crippen LogP contribution is -2.30. The standard InChI is InChI=1S/C25H21ClFNO2S/c1-15(29)14-28-25(30)19-6-2-4-17(11-19)23-7-3-5-18-12-22(31-24(18)23)10-16-8-20(26)13-21(27)9-16/h2-9,11-13,15,29H,10,14H2,1H3,(H,28,30). The van der Waals surface area contributed by atoms with Crippen LogP contribution in [0.15, 0.2) is 66.7 Å². The van der Waals surface area contributed by atoms with Crippen molar-refractivity contribution in [1.82, 2.24) is 5.32 Å².